The van der Waals surface area contributed by atoms with E-state index in [4.69, 9.17) is 5.11 Å². The second kappa shape index (κ2) is 7.49. The first-order valence-electron chi connectivity index (χ1n) is 6.51. The summed E-state index contributed by atoms with van der Waals surface area (Å²) in [7, 11) is 1.97. The highest BCUT2D eigenvalue weighted by atomic mass is 16.4. The molecule has 3 N–H and O–H groups in total. The highest BCUT2D eigenvalue weighted by molar-refractivity contribution is 5.93. The normalized spacial score (nSPS) is 10.4. The third kappa shape index (κ3) is 4.89. The van der Waals surface area contributed by atoms with Crippen LogP contribution in [0.2, 0.25) is 0 Å². The smallest absolute Gasteiger partial charge is 0.335 e. The highest BCUT2D eigenvalue weighted by Gasteiger charge is 2.08. The lowest BCUT2D eigenvalue weighted by Crippen LogP contribution is -2.35. The number of aryl methyl sites for hydroxylation is 1. The van der Waals surface area contributed by atoms with Crippen molar-refractivity contribution in [3.63, 3.8) is 0 Å². The predicted molar refractivity (Wildman–Crippen MR) is 78.3 cm³/mol. The number of carbonyl (C=O) groups excluding carboxylic acids is 1. The number of rotatable bonds is 6. The van der Waals surface area contributed by atoms with E-state index in [-0.39, 0.29) is 11.6 Å². The number of amides is 2. The largest absolute Gasteiger partial charge is 0.478 e. The predicted octanol–water partition coefficient (Wildman–Crippen LogP) is 1.77. The summed E-state index contributed by atoms with van der Waals surface area (Å²) in [6.07, 6.45) is 0. The number of hydrogen-bond acceptors (Lipinski definition) is 3. The lowest BCUT2D eigenvalue weighted by Gasteiger charge is -2.15. The van der Waals surface area contributed by atoms with Crippen molar-refractivity contribution in [3.8, 4) is 0 Å². The average Bonchev–Trinajstić information content (AvgIpc) is 2.40. The molecule has 0 bridgehead atoms. The Bertz CT molecular complexity index is 489. The van der Waals surface area contributed by atoms with Crippen molar-refractivity contribution in [3.05, 3.63) is 29.3 Å². The molecule has 1 aromatic rings. The van der Waals surface area contributed by atoms with Gasteiger partial charge in [-0.1, -0.05) is 13.0 Å². The van der Waals surface area contributed by atoms with Crippen molar-refractivity contribution >= 4 is 17.7 Å². The van der Waals surface area contributed by atoms with E-state index >= 15 is 0 Å². The molecule has 0 heterocycles. The maximum Gasteiger partial charge on any atom is 0.335 e. The Kier molecular flexibility index (Phi) is 5.99. The molecule has 0 unspecified atom stereocenters. The van der Waals surface area contributed by atoms with Gasteiger partial charge in [-0.25, -0.2) is 9.59 Å². The van der Waals surface area contributed by atoms with Crippen molar-refractivity contribution in [2.75, 3.05) is 32.0 Å². The van der Waals surface area contributed by atoms with Gasteiger partial charge in [-0.15, -0.1) is 0 Å². The van der Waals surface area contributed by atoms with E-state index in [2.05, 4.69) is 15.5 Å². The number of hydrogen-bond donors (Lipinski definition) is 3. The Morgan fingerprint density at radius 2 is 2.05 bits per heavy atom. The van der Waals surface area contributed by atoms with E-state index in [0.717, 1.165) is 18.7 Å². The standard InChI is InChI=1S/C14H21N3O3/c1-4-17(3)8-7-15-14(20)16-12-9-11(13(18)19)6-5-10(12)2/h5-6,9H,4,7-8H2,1-3H3,(H,18,19)(H2,15,16,20). The fraction of sp³-hybridized carbons (Fsp3) is 0.429. The van der Waals surface area contributed by atoms with Crippen molar-refractivity contribution in [2.45, 2.75) is 13.8 Å². The minimum absolute atomic E-state index is 0.150. The molecule has 20 heavy (non-hydrogen) atoms. The molecular formula is C14H21N3O3. The van der Waals surface area contributed by atoms with Crippen molar-refractivity contribution in [1.29, 1.82) is 0 Å². The Hall–Kier alpha value is -2.08. The second-order valence-electron chi connectivity index (χ2n) is 4.61. The first-order valence-corrected chi connectivity index (χ1v) is 6.51. The molecular weight excluding hydrogens is 258 g/mol. The van der Waals surface area contributed by atoms with Gasteiger partial charge in [0.05, 0.1) is 5.56 Å². The topological polar surface area (TPSA) is 81.7 Å². The van der Waals surface area contributed by atoms with Gasteiger partial charge in [-0.3, -0.25) is 0 Å². The molecule has 6 heteroatoms. The molecule has 110 valence electrons. The van der Waals surface area contributed by atoms with Gasteiger partial charge in [0.2, 0.25) is 0 Å². The summed E-state index contributed by atoms with van der Waals surface area (Å²) in [5.74, 6) is -1.02. The van der Waals surface area contributed by atoms with Gasteiger partial charge in [0.1, 0.15) is 0 Å². The van der Waals surface area contributed by atoms with Crippen LogP contribution in [0, 0.1) is 6.92 Å². The second-order valence-corrected chi connectivity index (χ2v) is 4.61. The fourth-order valence-electron chi connectivity index (χ4n) is 1.57. The monoisotopic (exact) mass is 279 g/mol. The van der Waals surface area contributed by atoms with Crippen LogP contribution < -0.4 is 10.6 Å². The number of carboxylic acid groups (broad SMARTS) is 1. The third-order valence-electron chi connectivity index (χ3n) is 3.05. The first kappa shape index (κ1) is 16.0. The summed E-state index contributed by atoms with van der Waals surface area (Å²) >= 11 is 0. The quantitative estimate of drug-likeness (QED) is 0.741. The van der Waals surface area contributed by atoms with Crippen molar-refractivity contribution < 1.29 is 14.7 Å². The van der Waals surface area contributed by atoms with Crippen molar-refractivity contribution in [1.82, 2.24) is 10.2 Å². The van der Waals surface area contributed by atoms with E-state index < -0.39 is 5.97 Å². The third-order valence-corrected chi connectivity index (χ3v) is 3.05. The number of anilines is 1. The van der Waals surface area contributed by atoms with Crippen LogP contribution in [0.4, 0.5) is 10.5 Å². The van der Waals surface area contributed by atoms with Crippen LogP contribution in [0.15, 0.2) is 18.2 Å². The van der Waals surface area contributed by atoms with E-state index in [0.29, 0.717) is 12.2 Å². The summed E-state index contributed by atoms with van der Waals surface area (Å²) in [5.41, 5.74) is 1.47. The van der Waals surface area contributed by atoms with Gasteiger partial charge in [-0.05, 0) is 38.2 Å². The lowest BCUT2D eigenvalue weighted by atomic mass is 10.1. The zero-order valence-corrected chi connectivity index (χ0v) is 12.1. The van der Waals surface area contributed by atoms with Gasteiger partial charge < -0.3 is 20.6 Å². The minimum atomic E-state index is -1.02. The van der Waals surface area contributed by atoms with Gasteiger partial charge in [-0.2, -0.15) is 0 Å². The van der Waals surface area contributed by atoms with Crippen LogP contribution in [0.5, 0.6) is 0 Å². The number of nitrogens with zero attached hydrogens (tertiary/aromatic N) is 1. The maximum absolute atomic E-state index is 11.7. The van der Waals surface area contributed by atoms with E-state index in [1.54, 1.807) is 6.07 Å². The fourth-order valence-corrected chi connectivity index (χ4v) is 1.57. The number of carboxylic acids is 1. The van der Waals surface area contributed by atoms with Crippen LogP contribution in [-0.2, 0) is 0 Å². The zero-order chi connectivity index (χ0) is 15.1. The Labute approximate surface area is 118 Å². The Morgan fingerprint density at radius 3 is 2.65 bits per heavy atom. The highest BCUT2D eigenvalue weighted by Crippen LogP contribution is 2.16. The number of benzene rings is 1. The summed E-state index contributed by atoms with van der Waals surface area (Å²) in [5, 5.41) is 14.3. The first-order chi connectivity index (χ1) is 9.43. The van der Waals surface area contributed by atoms with E-state index in [1.165, 1.54) is 12.1 Å². The minimum Gasteiger partial charge on any atom is -0.478 e. The number of aromatic carboxylic acids is 1. The van der Waals surface area contributed by atoms with E-state index in [9.17, 15) is 9.59 Å². The molecule has 2 amide bonds. The summed E-state index contributed by atoms with van der Waals surface area (Å²) in [4.78, 5) is 24.7. The summed E-state index contributed by atoms with van der Waals surface area (Å²) < 4.78 is 0. The van der Waals surface area contributed by atoms with Crippen LogP contribution in [0.1, 0.15) is 22.8 Å². The molecule has 0 spiro atoms. The summed E-state index contributed by atoms with van der Waals surface area (Å²) in [6, 6.07) is 4.30. The van der Waals surface area contributed by atoms with Gasteiger partial charge in [0.15, 0.2) is 0 Å². The molecule has 0 aliphatic heterocycles. The molecule has 0 aliphatic rings. The van der Waals surface area contributed by atoms with E-state index in [1.807, 2.05) is 20.9 Å². The average molecular weight is 279 g/mol. The lowest BCUT2D eigenvalue weighted by molar-refractivity contribution is 0.0697. The zero-order valence-electron chi connectivity index (χ0n) is 12.1. The maximum atomic E-state index is 11.7. The molecule has 0 radical (unpaired) electrons. The van der Waals surface area contributed by atoms with Crippen LogP contribution in [-0.4, -0.2) is 48.7 Å². The van der Waals surface area contributed by atoms with Gasteiger partial charge in [0.25, 0.3) is 0 Å². The Morgan fingerprint density at radius 1 is 1.35 bits per heavy atom. The van der Waals surface area contributed by atoms with Gasteiger partial charge >= 0.3 is 12.0 Å². The Balaban J connectivity index is 2.57. The molecule has 0 atom stereocenters. The molecule has 0 saturated carbocycles. The summed E-state index contributed by atoms with van der Waals surface area (Å²) in [6.45, 7) is 6.07. The molecule has 0 saturated heterocycles. The molecule has 1 aromatic carbocycles. The van der Waals surface area contributed by atoms with Crippen LogP contribution >= 0.6 is 0 Å². The molecule has 0 fully saturated rings. The number of carbonyl (C=O) groups is 2. The van der Waals surface area contributed by atoms with Crippen LogP contribution in [0.25, 0.3) is 0 Å². The molecule has 6 nitrogen and oxygen atoms in total. The molecule has 1 rings (SSSR count). The number of urea groups is 1. The van der Waals surface area contributed by atoms with Crippen LogP contribution in [0.3, 0.4) is 0 Å². The molecule has 0 aromatic heterocycles. The number of likely N-dealkylation sites (N-methyl/N-ethyl adjacent to an activating group) is 1. The van der Waals surface area contributed by atoms with Crippen molar-refractivity contribution in [2.24, 2.45) is 0 Å². The number of nitrogens with one attached hydrogen (secondary N) is 2. The SMILES string of the molecule is CCN(C)CCNC(=O)Nc1cc(C(=O)O)ccc1C. The van der Waals surface area contributed by atoms with Gasteiger partial charge in [0, 0.05) is 18.8 Å². The molecule has 0 aliphatic carbocycles.